The molecule has 0 aliphatic carbocycles. The number of ether oxygens (including phenoxy) is 1. The standard InChI is InChI=1S/C9H7ClO3/c1-5(2)8(11)4-6-3-7(10)9(12)13-6/h3-4H,1H2,2H3. The van der Waals surface area contributed by atoms with E-state index in [1.165, 1.54) is 12.2 Å². The average molecular weight is 199 g/mol. The second-order valence-corrected chi connectivity index (χ2v) is 2.98. The fraction of sp³-hybridized carbons (Fsp3) is 0.111. The molecular formula is C9H7ClO3. The van der Waals surface area contributed by atoms with Crippen LogP contribution in [0.2, 0.25) is 0 Å². The molecule has 68 valence electrons. The Morgan fingerprint density at radius 1 is 1.69 bits per heavy atom. The molecule has 0 atom stereocenters. The zero-order chi connectivity index (χ0) is 10.0. The van der Waals surface area contributed by atoms with E-state index in [2.05, 4.69) is 11.3 Å². The van der Waals surface area contributed by atoms with Crippen LogP contribution in [0.4, 0.5) is 0 Å². The summed E-state index contributed by atoms with van der Waals surface area (Å²) in [6.45, 7) is 5.02. The maximum Gasteiger partial charge on any atom is 0.355 e. The van der Waals surface area contributed by atoms with Crippen LogP contribution in [0.1, 0.15) is 6.92 Å². The topological polar surface area (TPSA) is 43.4 Å². The van der Waals surface area contributed by atoms with Crippen LogP contribution in [-0.2, 0) is 14.3 Å². The third-order valence-corrected chi connectivity index (χ3v) is 1.63. The highest BCUT2D eigenvalue weighted by molar-refractivity contribution is 6.42. The maximum absolute atomic E-state index is 11.1. The molecule has 0 aromatic rings. The molecular weight excluding hydrogens is 192 g/mol. The van der Waals surface area contributed by atoms with E-state index in [1.54, 1.807) is 6.92 Å². The van der Waals surface area contributed by atoms with Crippen molar-refractivity contribution < 1.29 is 14.3 Å². The van der Waals surface area contributed by atoms with Crippen molar-refractivity contribution in [3.63, 3.8) is 0 Å². The van der Waals surface area contributed by atoms with E-state index in [9.17, 15) is 9.59 Å². The summed E-state index contributed by atoms with van der Waals surface area (Å²) in [5.41, 5.74) is 0.375. The molecule has 1 rings (SSSR count). The van der Waals surface area contributed by atoms with Gasteiger partial charge in [0.15, 0.2) is 5.78 Å². The van der Waals surface area contributed by atoms with Crippen LogP contribution in [0.3, 0.4) is 0 Å². The number of ketones is 1. The third-order valence-electron chi connectivity index (χ3n) is 1.37. The lowest BCUT2D eigenvalue weighted by Crippen LogP contribution is -1.97. The Bertz CT molecular complexity index is 350. The third kappa shape index (κ3) is 2.29. The number of carbonyl (C=O) groups is 2. The second kappa shape index (κ2) is 3.58. The molecule has 0 N–H and O–H groups in total. The number of allylic oxidation sites excluding steroid dienone is 3. The number of cyclic esters (lactones) is 1. The van der Waals surface area contributed by atoms with Gasteiger partial charge in [-0.15, -0.1) is 0 Å². The molecule has 0 unspecified atom stereocenters. The molecule has 0 amide bonds. The molecule has 0 radical (unpaired) electrons. The monoisotopic (exact) mass is 198 g/mol. The number of esters is 1. The van der Waals surface area contributed by atoms with Crippen molar-refractivity contribution in [2.45, 2.75) is 6.92 Å². The number of halogens is 1. The van der Waals surface area contributed by atoms with Crippen molar-refractivity contribution in [2.75, 3.05) is 0 Å². The lowest BCUT2D eigenvalue weighted by atomic mass is 10.2. The van der Waals surface area contributed by atoms with Gasteiger partial charge in [-0.05, 0) is 12.5 Å². The Kier molecular flexibility index (Phi) is 2.68. The molecule has 0 aromatic carbocycles. The summed E-state index contributed by atoms with van der Waals surface area (Å²) in [5.74, 6) is -0.768. The Labute approximate surface area is 80.3 Å². The second-order valence-electron chi connectivity index (χ2n) is 2.57. The van der Waals surface area contributed by atoms with Crippen LogP contribution in [0.25, 0.3) is 0 Å². The quantitative estimate of drug-likeness (QED) is 0.501. The van der Waals surface area contributed by atoms with E-state index >= 15 is 0 Å². The Morgan fingerprint density at radius 2 is 2.31 bits per heavy atom. The fourth-order valence-electron chi connectivity index (χ4n) is 0.693. The lowest BCUT2D eigenvalue weighted by Gasteiger charge is -1.94. The first-order valence-corrected chi connectivity index (χ1v) is 3.89. The summed E-state index contributed by atoms with van der Waals surface area (Å²) in [6.07, 6.45) is 2.47. The van der Waals surface area contributed by atoms with Gasteiger partial charge in [0.25, 0.3) is 0 Å². The molecule has 0 fully saturated rings. The van der Waals surface area contributed by atoms with Gasteiger partial charge in [0.1, 0.15) is 10.8 Å². The summed E-state index contributed by atoms with van der Waals surface area (Å²) in [5, 5.41) is -0.0271. The minimum absolute atomic E-state index is 0.0271. The number of rotatable bonds is 2. The summed E-state index contributed by atoms with van der Waals surface area (Å²) in [4.78, 5) is 21.8. The number of hydrogen-bond donors (Lipinski definition) is 0. The molecule has 1 aliphatic heterocycles. The van der Waals surface area contributed by atoms with E-state index in [0.717, 1.165) is 0 Å². The highest BCUT2D eigenvalue weighted by Crippen LogP contribution is 2.19. The molecule has 0 saturated carbocycles. The van der Waals surface area contributed by atoms with Crippen molar-refractivity contribution in [2.24, 2.45) is 0 Å². The van der Waals surface area contributed by atoms with Crippen molar-refractivity contribution in [1.82, 2.24) is 0 Å². The molecule has 13 heavy (non-hydrogen) atoms. The zero-order valence-corrected chi connectivity index (χ0v) is 7.72. The van der Waals surface area contributed by atoms with E-state index in [0.29, 0.717) is 5.57 Å². The highest BCUT2D eigenvalue weighted by Gasteiger charge is 2.19. The van der Waals surface area contributed by atoms with Gasteiger partial charge in [0.2, 0.25) is 0 Å². The molecule has 1 heterocycles. The first kappa shape index (κ1) is 9.74. The van der Waals surface area contributed by atoms with Gasteiger partial charge in [-0.3, -0.25) is 4.79 Å². The van der Waals surface area contributed by atoms with E-state index in [1.807, 2.05) is 0 Å². The minimum atomic E-state index is -0.637. The SMILES string of the molecule is C=C(C)C(=O)C=C1C=C(Cl)C(=O)O1. The van der Waals surface area contributed by atoms with Gasteiger partial charge in [-0.2, -0.15) is 0 Å². The van der Waals surface area contributed by atoms with Crippen LogP contribution in [0, 0.1) is 0 Å². The summed E-state index contributed by atoms with van der Waals surface area (Å²) < 4.78 is 4.63. The van der Waals surface area contributed by atoms with E-state index in [4.69, 9.17) is 11.6 Å². The molecule has 0 bridgehead atoms. The molecule has 3 nitrogen and oxygen atoms in total. The Hall–Kier alpha value is -1.35. The summed E-state index contributed by atoms with van der Waals surface area (Å²) in [6, 6.07) is 0. The van der Waals surface area contributed by atoms with Crippen LogP contribution < -0.4 is 0 Å². The molecule has 0 spiro atoms. The van der Waals surface area contributed by atoms with Gasteiger partial charge in [-0.1, -0.05) is 18.2 Å². The Balaban J connectivity index is 2.82. The normalized spacial score (nSPS) is 18.5. The van der Waals surface area contributed by atoms with Crippen LogP contribution in [0.5, 0.6) is 0 Å². The fourth-order valence-corrected chi connectivity index (χ4v) is 0.839. The average Bonchev–Trinajstić information content (AvgIpc) is 2.31. The summed E-state index contributed by atoms with van der Waals surface area (Å²) >= 11 is 5.43. The predicted molar refractivity (Wildman–Crippen MR) is 47.9 cm³/mol. The summed E-state index contributed by atoms with van der Waals surface area (Å²) in [7, 11) is 0. The van der Waals surface area contributed by atoms with Gasteiger partial charge < -0.3 is 4.74 Å². The molecule has 4 heteroatoms. The number of hydrogen-bond acceptors (Lipinski definition) is 3. The van der Waals surface area contributed by atoms with Crippen LogP contribution in [-0.4, -0.2) is 11.8 Å². The minimum Gasteiger partial charge on any atom is -0.422 e. The van der Waals surface area contributed by atoms with Crippen molar-refractivity contribution in [3.8, 4) is 0 Å². The highest BCUT2D eigenvalue weighted by atomic mass is 35.5. The predicted octanol–water partition coefficient (Wildman–Crippen LogP) is 1.69. The molecule has 1 aliphatic rings. The zero-order valence-electron chi connectivity index (χ0n) is 6.96. The smallest absolute Gasteiger partial charge is 0.355 e. The van der Waals surface area contributed by atoms with E-state index < -0.39 is 5.97 Å². The van der Waals surface area contributed by atoms with Gasteiger partial charge in [-0.25, -0.2) is 4.79 Å². The van der Waals surface area contributed by atoms with Crippen molar-refractivity contribution >= 4 is 23.4 Å². The molecule has 0 aromatic heterocycles. The van der Waals surface area contributed by atoms with Gasteiger partial charge in [0.05, 0.1) is 0 Å². The van der Waals surface area contributed by atoms with Crippen molar-refractivity contribution in [1.29, 1.82) is 0 Å². The van der Waals surface area contributed by atoms with Gasteiger partial charge in [0, 0.05) is 12.2 Å². The molecule has 0 saturated heterocycles. The van der Waals surface area contributed by atoms with Crippen LogP contribution in [0.15, 0.2) is 35.1 Å². The first-order valence-electron chi connectivity index (χ1n) is 3.51. The largest absolute Gasteiger partial charge is 0.422 e. The number of carbonyl (C=O) groups excluding carboxylic acids is 2. The van der Waals surface area contributed by atoms with Crippen molar-refractivity contribution in [3.05, 3.63) is 35.1 Å². The van der Waals surface area contributed by atoms with Crippen LogP contribution >= 0.6 is 11.6 Å². The Morgan fingerprint density at radius 3 is 2.69 bits per heavy atom. The first-order chi connectivity index (χ1) is 6.00. The lowest BCUT2D eigenvalue weighted by molar-refractivity contribution is -0.132. The maximum atomic E-state index is 11.1. The van der Waals surface area contributed by atoms with Gasteiger partial charge >= 0.3 is 5.97 Å². The van der Waals surface area contributed by atoms with E-state index in [-0.39, 0.29) is 16.6 Å².